The van der Waals surface area contributed by atoms with Crippen LogP contribution in [0, 0.1) is 0 Å². The van der Waals surface area contributed by atoms with Gasteiger partial charge in [0.15, 0.2) is 0 Å². The fraction of sp³-hybridized carbons (Fsp3) is 0.235. The molecule has 1 aromatic heterocycles. The van der Waals surface area contributed by atoms with E-state index in [1.54, 1.807) is 18.4 Å². The molecule has 0 unspecified atom stereocenters. The highest BCUT2D eigenvalue weighted by molar-refractivity contribution is 7.18. The standard InChI is InChI=1S/C17H18N2OS/c1-12(13-7-9-14(20-2)10-8-13)18-11-17-19-15-5-3-4-6-16(15)21-17/h3-10,12,18H,11H2,1-2H3/t12-/m0/s1. The summed E-state index contributed by atoms with van der Waals surface area (Å²) in [5.74, 6) is 0.886. The molecule has 0 spiro atoms. The fourth-order valence-corrected chi connectivity index (χ4v) is 3.16. The van der Waals surface area contributed by atoms with E-state index in [0.29, 0.717) is 0 Å². The van der Waals surface area contributed by atoms with Crippen LogP contribution in [0.15, 0.2) is 48.5 Å². The van der Waals surface area contributed by atoms with E-state index in [-0.39, 0.29) is 6.04 Å². The van der Waals surface area contributed by atoms with E-state index >= 15 is 0 Å². The van der Waals surface area contributed by atoms with Crippen molar-refractivity contribution in [1.82, 2.24) is 10.3 Å². The predicted molar refractivity (Wildman–Crippen MR) is 87.9 cm³/mol. The van der Waals surface area contributed by atoms with Gasteiger partial charge in [-0.25, -0.2) is 4.98 Å². The minimum Gasteiger partial charge on any atom is -0.497 e. The van der Waals surface area contributed by atoms with Crippen LogP contribution in [0.25, 0.3) is 10.2 Å². The first-order chi connectivity index (χ1) is 10.3. The van der Waals surface area contributed by atoms with E-state index in [2.05, 4.69) is 47.6 Å². The Morgan fingerprint density at radius 2 is 1.90 bits per heavy atom. The number of hydrogen-bond donors (Lipinski definition) is 1. The van der Waals surface area contributed by atoms with Crippen LogP contribution in [0.3, 0.4) is 0 Å². The molecule has 3 aromatic rings. The molecule has 4 heteroatoms. The Kier molecular flexibility index (Phi) is 4.18. The van der Waals surface area contributed by atoms with Crippen molar-refractivity contribution in [2.45, 2.75) is 19.5 Å². The Hall–Kier alpha value is -1.91. The van der Waals surface area contributed by atoms with Crippen LogP contribution in [-0.2, 0) is 6.54 Å². The summed E-state index contributed by atoms with van der Waals surface area (Å²) in [7, 11) is 1.68. The van der Waals surface area contributed by atoms with Crippen LogP contribution >= 0.6 is 11.3 Å². The van der Waals surface area contributed by atoms with Crippen molar-refractivity contribution in [3.63, 3.8) is 0 Å². The van der Waals surface area contributed by atoms with E-state index in [0.717, 1.165) is 22.8 Å². The monoisotopic (exact) mass is 298 g/mol. The number of nitrogens with zero attached hydrogens (tertiary/aromatic N) is 1. The van der Waals surface area contributed by atoms with Gasteiger partial charge in [-0.2, -0.15) is 0 Å². The third-order valence-electron chi connectivity index (χ3n) is 3.51. The van der Waals surface area contributed by atoms with E-state index in [4.69, 9.17) is 4.74 Å². The molecule has 0 aliphatic rings. The van der Waals surface area contributed by atoms with Crippen molar-refractivity contribution in [3.05, 3.63) is 59.1 Å². The molecule has 21 heavy (non-hydrogen) atoms. The largest absolute Gasteiger partial charge is 0.497 e. The smallest absolute Gasteiger partial charge is 0.118 e. The zero-order chi connectivity index (χ0) is 14.7. The molecule has 0 bridgehead atoms. The summed E-state index contributed by atoms with van der Waals surface area (Å²) in [4.78, 5) is 4.64. The normalized spacial score (nSPS) is 12.5. The summed E-state index contributed by atoms with van der Waals surface area (Å²) >= 11 is 1.75. The third kappa shape index (κ3) is 3.23. The maximum Gasteiger partial charge on any atom is 0.118 e. The number of hydrogen-bond acceptors (Lipinski definition) is 4. The molecule has 0 radical (unpaired) electrons. The molecule has 3 nitrogen and oxygen atoms in total. The molecule has 3 rings (SSSR count). The van der Waals surface area contributed by atoms with Crippen LogP contribution in [0.5, 0.6) is 5.75 Å². The Labute approximate surface area is 128 Å². The maximum absolute atomic E-state index is 5.18. The number of para-hydroxylation sites is 1. The van der Waals surface area contributed by atoms with Gasteiger partial charge in [0.25, 0.3) is 0 Å². The van der Waals surface area contributed by atoms with Gasteiger partial charge in [-0.05, 0) is 36.8 Å². The molecule has 0 saturated carbocycles. The molecule has 1 N–H and O–H groups in total. The molecule has 0 aliphatic heterocycles. The minimum atomic E-state index is 0.280. The second kappa shape index (κ2) is 6.24. The van der Waals surface area contributed by atoms with Gasteiger partial charge in [0, 0.05) is 12.6 Å². The number of fused-ring (bicyclic) bond motifs is 1. The van der Waals surface area contributed by atoms with Crippen LogP contribution < -0.4 is 10.1 Å². The van der Waals surface area contributed by atoms with E-state index in [1.807, 2.05) is 18.2 Å². The molecule has 0 saturated heterocycles. The number of thiazole rings is 1. The lowest BCUT2D eigenvalue weighted by Gasteiger charge is -2.13. The molecule has 108 valence electrons. The van der Waals surface area contributed by atoms with Crippen LogP contribution in [-0.4, -0.2) is 12.1 Å². The zero-order valence-corrected chi connectivity index (χ0v) is 13.0. The molecular formula is C17H18N2OS. The second-order valence-corrected chi connectivity index (χ2v) is 6.07. The average Bonchev–Trinajstić information content (AvgIpc) is 2.95. The van der Waals surface area contributed by atoms with Gasteiger partial charge in [0.1, 0.15) is 10.8 Å². The Bertz CT molecular complexity index is 688. The number of ether oxygens (including phenoxy) is 1. The molecule has 0 fully saturated rings. The van der Waals surface area contributed by atoms with E-state index in [1.165, 1.54) is 10.3 Å². The lowest BCUT2D eigenvalue weighted by atomic mass is 10.1. The molecule has 2 aromatic carbocycles. The third-order valence-corrected chi connectivity index (χ3v) is 4.55. The first-order valence-corrected chi connectivity index (χ1v) is 7.79. The SMILES string of the molecule is COc1ccc([C@H](C)NCc2nc3ccccc3s2)cc1. The zero-order valence-electron chi connectivity index (χ0n) is 12.2. The first-order valence-electron chi connectivity index (χ1n) is 6.98. The van der Waals surface area contributed by atoms with Crippen molar-refractivity contribution in [2.75, 3.05) is 7.11 Å². The summed E-state index contributed by atoms with van der Waals surface area (Å²) < 4.78 is 6.43. The summed E-state index contributed by atoms with van der Waals surface area (Å²) in [6.07, 6.45) is 0. The number of benzene rings is 2. The maximum atomic E-state index is 5.18. The van der Waals surface area contributed by atoms with E-state index in [9.17, 15) is 0 Å². The summed E-state index contributed by atoms with van der Waals surface area (Å²) in [6.45, 7) is 2.95. The quantitative estimate of drug-likeness (QED) is 0.768. The molecule has 0 amide bonds. The highest BCUT2D eigenvalue weighted by atomic mass is 32.1. The van der Waals surface area contributed by atoms with Crippen LogP contribution in [0.1, 0.15) is 23.5 Å². The van der Waals surface area contributed by atoms with Crippen molar-refractivity contribution in [1.29, 1.82) is 0 Å². The Balaban J connectivity index is 1.65. The van der Waals surface area contributed by atoms with Gasteiger partial charge in [-0.15, -0.1) is 11.3 Å². The van der Waals surface area contributed by atoms with Gasteiger partial charge in [-0.1, -0.05) is 24.3 Å². The van der Waals surface area contributed by atoms with Gasteiger partial charge < -0.3 is 10.1 Å². The van der Waals surface area contributed by atoms with Crippen LogP contribution in [0.4, 0.5) is 0 Å². The van der Waals surface area contributed by atoms with Gasteiger partial charge >= 0.3 is 0 Å². The van der Waals surface area contributed by atoms with Crippen molar-refractivity contribution >= 4 is 21.6 Å². The number of methoxy groups -OCH3 is 1. The molecule has 1 heterocycles. The van der Waals surface area contributed by atoms with Crippen molar-refractivity contribution in [2.24, 2.45) is 0 Å². The second-order valence-electron chi connectivity index (χ2n) is 4.95. The van der Waals surface area contributed by atoms with Gasteiger partial charge in [-0.3, -0.25) is 0 Å². The van der Waals surface area contributed by atoms with Gasteiger partial charge in [0.05, 0.1) is 17.3 Å². The van der Waals surface area contributed by atoms with Crippen LogP contribution in [0.2, 0.25) is 0 Å². The van der Waals surface area contributed by atoms with Crippen molar-refractivity contribution < 1.29 is 4.74 Å². The minimum absolute atomic E-state index is 0.280. The van der Waals surface area contributed by atoms with Crippen molar-refractivity contribution in [3.8, 4) is 5.75 Å². The molecule has 1 atom stereocenters. The molecular weight excluding hydrogens is 280 g/mol. The van der Waals surface area contributed by atoms with Gasteiger partial charge in [0.2, 0.25) is 0 Å². The lowest BCUT2D eigenvalue weighted by molar-refractivity contribution is 0.414. The summed E-state index contributed by atoms with van der Waals surface area (Å²) in [5.41, 5.74) is 2.33. The summed E-state index contributed by atoms with van der Waals surface area (Å²) in [5, 5.41) is 4.64. The Morgan fingerprint density at radius 1 is 1.14 bits per heavy atom. The van der Waals surface area contributed by atoms with E-state index < -0.39 is 0 Å². The lowest BCUT2D eigenvalue weighted by Crippen LogP contribution is -2.17. The topological polar surface area (TPSA) is 34.1 Å². The summed E-state index contributed by atoms with van der Waals surface area (Å²) in [6, 6.07) is 16.7. The average molecular weight is 298 g/mol. The first kappa shape index (κ1) is 14.0. The number of aromatic nitrogens is 1. The number of nitrogens with one attached hydrogen (secondary N) is 1. The highest BCUT2D eigenvalue weighted by Crippen LogP contribution is 2.22. The predicted octanol–water partition coefficient (Wildman–Crippen LogP) is 4.16. The molecule has 0 aliphatic carbocycles. The fourth-order valence-electron chi connectivity index (χ4n) is 2.25. The number of rotatable bonds is 5. The highest BCUT2D eigenvalue weighted by Gasteiger charge is 2.07. The Morgan fingerprint density at radius 3 is 2.62 bits per heavy atom.